The van der Waals surface area contributed by atoms with Crippen LogP contribution in [0.15, 0.2) is 22.7 Å². The third-order valence-corrected chi connectivity index (χ3v) is 1.94. The lowest BCUT2D eigenvalue weighted by Crippen LogP contribution is -2.05. The molecule has 2 nitrogen and oxygen atoms in total. The Labute approximate surface area is 80.7 Å². The monoisotopic (exact) mass is 229 g/mol. The van der Waals surface area contributed by atoms with Gasteiger partial charge in [-0.25, -0.2) is 0 Å². The molecule has 1 rings (SSSR count). The first-order valence-electron chi connectivity index (χ1n) is 3.84. The van der Waals surface area contributed by atoms with Crippen molar-refractivity contribution in [2.24, 2.45) is 0 Å². The standard InChI is InChI=1S/C9H12BrNO/c1-7-4-8(10)6-9(5-7)11-2-3-12/h4-6,11-12H,2-3H2,1H3. The Bertz CT molecular complexity index is 242. The fourth-order valence-electron chi connectivity index (χ4n) is 1.04. The summed E-state index contributed by atoms with van der Waals surface area (Å²) < 4.78 is 1.06. The molecule has 0 heterocycles. The van der Waals surface area contributed by atoms with Crippen LogP contribution in [-0.2, 0) is 0 Å². The lowest BCUT2D eigenvalue weighted by molar-refractivity contribution is 0.311. The van der Waals surface area contributed by atoms with Crippen LogP contribution >= 0.6 is 15.9 Å². The molecule has 0 amide bonds. The van der Waals surface area contributed by atoms with Crippen molar-refractivity contribution < 1.29 is 5.11 Å². The summed E-state index contributed by atoms with van der Waals surface area (Å²) in [5.74, 6) is 0. The molecule has 0 spiro atoms. The number of halogens is 1. The van der Waals surface area contributed by atoms with Gasteiger partial charge in [0, 0.05) is 16.7 Å². The molecule has 1 aromatic carbocycles. The first kappa shape index (κ1) is 9.55. The number of aryl methyl sites for hydroxylation is 1. The minimum absolute atomic E-state index is 0.158. The van der Waals surface area contributed by atoms with E-state index in [2.05, 4.69) is 21.2 Å². The van der Waals surface area contributed by atoms with Crippen molar-refractivity contribution in [2.45, 2.75) is 6.92 Å². The Hall–Kier alpha value is -0.540. The average molecular weight is 230 g/mol. The molecular weight excluding hydrogens is 218 g/mol. The van der Waals surface area contributed by atoms with E-state index in [1.807, 2.05) is 25.1 Å². The quantitative estimate of drug-likeness (QED) is 0.833. The highest BCUT2D eigenvalue weighted by molar-refractivity contribution is 9.10. The number of hydrogen-bond acceptors (Lipinski definition) is 2. The van der Waals surface area contributed by atoms with Crippen LogP contribution in [0.4, 0.5) is 5.69 Å². The van der Waals surface area contributed by atoms with Gasteiger partial charge in [0.25, 0.3) is 0 Å². The Morgan fingerprint density at radius 1 is 1.42 bits per heavy atom. The zero-order valence-corrected chi connectivity index (χ0v) is 8.56. The van der Waals surface area contributed by atoms with Crippen molar-refractivity contribution in [2.75, 3.05) is 18.5 Å². The van der Waals surface area contributed by atoms with Crippen LogP contribution in [-0.4, -0.2) is 18.3 Å². The number of aliphatic hydroxyl groups excluding tert-OH is 1. The average Bonchev–Trinajstić information content (AvgIpc) is 1.99. The molecule has 2 N–H and O–H groups in total. The number of aliphatic hydroxyl groups is 1. The van der Waals surface area contributed by atoms with Crippen molar-refractivity contribution in [3.05, 3.63) is 28.2 Å². The molecule has 0 saturated carbocycles. The third kappa shape index (κ3) is 2.83. The van der Waals surface area contributed by atoms with Gasteiger partial charge in [-0.3, -0.25) is 0 Å². The number of anilines is 1. The molecule has 0 aliphatic carbocycles. The summed E-state index contributed by atoms with van der Waals surface area (Å²) in [4.78, 5) is 0. The molecule has 0 bridgehead atoms. The molecule has 66 valence electrons. The second-order valence-corrected chi connectivity index (χ2v) is 3.58. The summed E-state index contributed by atoms with van der Waals surface area (Å²) in [7, 11) is 0. The number of benzene rings is 1. The van der Waals surface area contributed by atoms with Crippen molar-refractivity contribution in [1.82, 2.24) is 0 Å². The maximum Gasteiger partial charge on any atom is 0.0604 e. The van der Waals surface area contributed by atoms with Gasteiger partial charge in [0.1, 0.15) is 0 Å². The summed E-state index contributed by atoms with van der Waals surface area (Å²) in [6.45, 7) is 2.79. The number of nitrogens with one attached hydrogen (secondary N) is 1. The summed E-state index contributed by atoms with van der Waals surface area (Å²) in [6.07, 6.45) is 0. The molecule has 3 heteroatoms. The molecule has 12 heavy (non-hydrogen) atoms. The van der Waals surface area contributed by atoms with Crippen molar-refractivity contribution in [3.63, 3.8) is 0 Å². The predicted molar refractivity (Wildman–Crippen MR) is 54.5 cm³/mol. The van der Waals surface area contributed by atoms with E-state index in [1.165, 1.54) is 5.56 Å². The van der Waals surface area contributed by atoms with Crippen LogP contribution in [0.2, 0.25) is 0 Å². The summed E-state index contributed by atoms with van der Waals surface area (Å²) in [6, 6.07) is 6.08. The predicted octanol–water partition coefficient (Wildman–Crippen LogP) is 2.16. The maximum absolute atomic E-state index is 8.59. The van der Waals surface area contributed by atoms with Gasteiger partial charge in [0.15, 0.2) is 0 Å². The van der Waals surface area contributed by atoms with Crippen LogP contribution in [0.1, 0.15) is 5.56 Å². The van der Waals surface area contributed by atoms with Crippen molar-refractivity contribution in [3.8, 4) is 0 Å². The van der Waals surface area contributed by atoms with Gasteiger partial charge in [0.2, 0.25) is 0 Å². The van der Waals surface area contributed by atoms with E-state index < -0.39 is 0 Å². The van der Waals surface area contributed by atoms with Crippen LogP contribution in [0, 0.1) is 6.92 Å². The molecule has 0 aromatic heterocycles. The van der Waals surface area contributed by atoms with Gasteiger partial charge in [-0.2, -0.15) is 0 Å². The maximum atomic E-state index is 8.59. The van der Waals surface area contributed by atoms with Crippen LogP contribution in [0.3, 0.4) is 0 Å². The molecule has 0 unspecified atom stereocenters. The van der Waals surface area contributed by atoms with Crippen LogP contribution in [0.25, 0.3) is 0 Å². The van der Waals surface area contributed by atoms with E-state index in [4.69, 9.17) is 5.11 Å². The van der Waals surface area contributed by atoms with Gasteiger partial charge in [-0.1, -0.05) is 15.9 Å². The molecule has 0 saturated heterocycles. The first-order valence-corrected chi connectivity index (χ1v) is 4.63. The summed E-state index contributed by atoms with van der Waals surface area (Å²) in [5.41, 5.74) is 2.24. The van der Waals surface area contributed by atoms with Gasteiger partial charge < -0.3 is 10.4 Å². The second-order valence-electron chi connectivity index (χ2n) is 2.67. The summed E-state index contributed by atoms with van der Waals surface area (Å²) in [5, 5.41) is 11.7. The van der Waals surface area contributed by atoms with E-state index in [9.17, 15) is 0 Å². The van der Waals surface area contributed by atoms with Gasteiger partial charge in [-0.15, -0.1) is 0 Å². The Balaban J connectivity index is 2.72. The molecule has 0 radical (unpaired) electrons. The molecule has 0 aliphatic rings. The van der Waals surface area contributed by atoms with E-state index in [0.29, 0.717) is 6.54 Å². The third-order valence-electron chi connectivity index (χ3n) is 1.48. The Morgan fingerprint density at radius 2 is 2.17 bits per heavy atom. The zero-order valence-electron chi connectivity index (χ0n) is 6.97. The fourth-order valence-corrected chi connectivity index (χ4v) is 1.65. The Morgan fingerprint density at radius 3 is 2.75 bits per heavy atom. The molecular formula is C9H12BrNO. The molecule has 0 fully saturated rings. The highest BCUT2D eigenvalue weighted by atomic mass is 79.9. The molecule has 0 atom stereocenters. The molecule has 0 aliphatic heterocycles. The van der Waals surface area contributed by atoms with Gasteiger partial charge >= 0.3 is 0 Å². The number of rotatable bonds is 3. The van der Waals surface area contributed by atoms with Crippen molar-refractivity contribution >= 4 is 21.6 Å². The SMILES string of the molecule is Cc1cc(Br)cc(NCCO)c1. The van der Waals surface area contributed by atoms with Gasteiger partial charge in [0.05, 0.1) is 6.61 Å². The first-order chi connectivity index (χ1) is 5.72. The lowest BCUT2D eigenvalue weighted by Gasteiger charge is -2.05. The topological polar surface area (TPSA) is 32.3 Å². The normalized spacial score (nSPS) is 9.92. The van der Waals surface area contributed by atoms with E-state index in [-0.39, 0.29) is 6.61 Å². The minimum Gasteiger partial charge on any atom is -0.395 e. The largest absolute Gasteiger partial charge is 0.395 e. The number of hydrogen-bond donors (Lipinski definition) is 2. The van der Waals surface area contributed by atoms with E-state index in [1.54, 1.807) is 0 Å². The summed E-state index contributed by atoms with van der Waals surface area (Å²) >= 11 is 3.40. The van der Waals surface area contributed by atoms with Gasteiger partial charge in [-0.05, 0) is 30.7 Å². The fraction of sp³-hybridized carbons (Fsp3) is 0.333. The zero-order chi connectivity index (χ0) is 8.97. The lowest BCUT2D eigenvalue weighted by atomic mass is 10.2. The smallest absolute Gasteiger partial charge is 0.0604 e. The highest BCUT2D eigenvalue weighted by Crippen LogP contribution is 2.18. The highest BCUT2D eigenvalue weighted by Gasteiger charge is 1.94. The van der Waals surface area contributed by atoms with Crippen LogP contribution < -0.4 is 5.32 Å². The van der Waals surface area contributed by atoms with E-state index >= 15 is 0 Å². The Kier molecular flexibility index (Phi) is 3.56. The van der Waals surface area contributed by atoms with E-state index in [0.717, 1.165) is 10.2 Å². The minimum atomic E-state index is 0.158. The van der Waals surface area contributed by atoms with Crippen molar-refractivity contribution in [1.29, 1.82) is 0 Å². The molecule has 1 aromatic rings. The second kappa shape index (κ2) is 4.48. The van der Waals surface area contributed by atoms with Crippen LogP contribution in [0.5, 0.6) is 0 Å².